The third-order valence-corrected chi connectivity index (χ3v) is 7.70. The van der Waals surface area contributed by atoms with E-state index in [1.807, 2.05) is 12.1 Å². The van der Waals surface area contributed by atoms with Gasteiger partial charge in [-0.05, 0) is 48.9 Å². The molecule has 0 saturated carbocycles. The van der Waals surface area contributed by atoms with E-state index in [0.717, 1.165) is 61.8 Å². The van der Waals surface area contributed by atoms with Gasteiger partial charge in [0, 0.05) is 49.6 Å². The van der Waals surface area contributed by atoms with Crippen molar-refractivity contribution < 1.29 is 23.8 Å². The Balaban J connectivity index is 1.14. The second-order valence-corrected chi connectivity index (χ2v) is 10.5. The summed E-state index contributed by atoms with van der Waals surface area (Å²) in [4.78, 5) is 25.4. The largest absolute Gasteiger partial charge is 0.478 e. The molecule has 2 aliphatic heterocycles. The number of carbonyl (C=O) groups is 1. The smallest absolute Gasteiger partial charge is 0.335 e. The van der Waals surface area contributed by atoms with E-state index < -0.39 is 11.8 Å². The van der Waals surface area contributed by atoms with Gasteiger partial charge in [-0.2, -0.15) is 0 Å². The van der Waals surface area contributed by atoms with E-state index in [1.165, 1.54) is 6.07 Å². The summed E-state index contributed by atoms with van der Waals surface area (Å²) in [5.74, 6) is -0.00403. The maximum absolute atomic E-state index is 14.2. The Kier molecular flexibility index (Phi) is 7.55. The molecular formula is C29H29ClFN5O4. The number of ether oxygens (including phenoxy) is 2. The Labute approximate surface area is 235 Å². The first-order valence-corrected chi connectivity index (χ1v) is 13.7. The van der Waals surface area contributed by atoms with Crippen molar-refractivity contribution in [3.63, 3.8) is 0 Å². The number of piperazine rings is 1. The molecule has 0 spiro atoms. The van der Waals surface area contributed by atoms with Gasteiger partial charge in [0.2, 0.25) is 5.88 Å². The lowest BCUT2D eigenvalue weighted by atomic mass is 10.1. The molecule has 40 heavy (non-hydrogen) atoms. The molecule has 0 aliphatic carbocycles. The van der Waals surface area contributed by atoms with Crippen LogP contribution in [-0.2, 0) is 24.4 Å². The van der Waals surface area contributed by atoms with E-state index in [0.29, 0.717) is 29.6 Å². The monoisotopic (exact) mass is 565 g/mol. The van der Waals surface area contributed by atoms with Crippen molar-refractivity contribution in [2.75, 3.05) is 37.7 Å². The van der Waals surface area contributed by atoms with Crippen LogP contribution in [0, 0.1) is 5.82 Å². The number of aromatic carboxylic acids is 1. The second kappa shape index (κ2) is 11.4. The van der Waals surface area contributed by atoms with Gasteiger partial charge in [-0.1, -0.05) is 17.7 Å². The zero-order chi connectivity index (χ0) is 27.6. The first kappa shape index (κ1) is 26.5. The molecule has 4 heterocycles. The Morgan fingerprint density at radius 2 is 1.98 bits per heavy atom. The maximum atomic E-state index is 14.2. The number of benzene rings is 2. The minimum Gasteiger partial charge on any atom is -0.478 e. The van der Waals surface area contributed by atoms with E-state index in [1.54, 1.807) is 36.5 Å². The number of rotatable bonds is 9. The van der Waals surface area contributed by atoms with E-state index in [-0.39, 0.29) is 18.3 Å². The number of hydrogen-bond donors (Lipinski definition) is 1. The van der Waals surface area contributed by atoms with Gasteiger partial charge in [-0.15, -0.1) is 0 Å². The van der Waals surface area contributed by atoms with Gasteiger partial charge in [0.25, 0.3) is 0 Å². The quantitative estimate of drug-likeness (QED) is 0.314. The van der Waals surface area contributed by atoms with Crippen LogP contribution in [0.25, 0.3) is 11.0 Å². The lowest BCUT2D eigenvalue weighted by Gasteiger charge is -2.36. The predicted octanol–water partition coefficient (Wildman–Crippen LogP) is 4.61. The number of imidazole rings is 1. The standard InChI is InChI=1S/C29H29ClFN5O4/c30-21-5-3-20(23(31)15-21)18-40-28-25(2-1-8-32-28)35-11-9-34(10-12-35)17-27-33-24-6-4-19(29(37)38)14-26(24)36(27)16-22-7-13-39-22/h1-6,8,14-15,22H,7,9-13,16-18H2,(H,37,38). The lowest BCUT2D eigenvalue weighted by molar-refractivity contribution is -0.0592. The number of fused-ring (bicyclic) bond motifs is 1. The number of halogens is 2. The SMILES string of the molecule is O=C(O)c1ccc2nc(CN3CCN(c4cccnc4OCc4ccc(Cl)cc4F)CC3)n(CC3CCO3)c2c1. The number of carboxylic acid groups (broad SMARTS) is 1. The van der Waals surface area contributed by atoms with Crippen molar-refractivity contribution in [1.82, 2.24) is 19.4 Å². The summed E-state index contributed by atoms with van der Waals surface area (Å²) < 4.78 is 28.0. The minimum atomic E-state index is -0.954. The second-order valence-electron chi connectivity index (χ2n) is 10.0. The fourth-order valence-electron chi connectivity index (χ4n) is 5.13. The maximum Gasteiger partial charge on any atom is 0.335 e. The lowest BCUT2D eigenvalue weighted by Crippen LogP contribution is -2.46. The van der Waals surface area contributed by atoms with Gasteiger partial charge in [0.15, 0.2) is 0 Å². The molecular weight excluding hydrogens is 537 g/mol. The molecule has 11 heteroatoms. The zero-order valence-corrected chi connectivity index (χ0v) is 22.6. The van der Waals surface area contributed by atoms with Gasteiger partial charge in [-0.3, -0.25) is 4.90 Å². The normalized spacial score (nSPS) is 17.6. The van der Waals surface area contributed by atoms with Crippen molar-refractivity contribution in [3.05, 3.63) is 82.5 Å². The van der Waals surface area contributed by atoms with Gasteiger partial charge in [0.1, 0.15) is 18.2 Å². The average Bonchev–Trinajstić information content (AvgIpc) is 3.26. The fourth-order valence-corrected chi connectivity index (χ4v) is 5.29. The van der Waals surface area contributed by atoms with Crippen LogP contribution in [-0.4, -0.2) is 69.4 Å². The highest BCUT2D eigenvalue weighted by molar-refractivity contribution is 6.30. The topological polar surface area (TPSA) is 93.0 Å². The van der Waals surface area contributed by atoms with Crippen LogP contribution in [0.3, 0.4) is 0 Å². The summed E-state index contributed by atoms with van der Waals surface area (Å²) in [5.41, 5.74) is 3.13. The molecule has 6 rings (SSSR count). The predicted molar refractivity (Wildman–Crippen MR) is 149 cm³/mol. The molecule has 0 bridgehead atoms. The highest BCUT2D eigenvalue weighted by atomic mass is 35.5. The first-order valence-electron chi connectivity index (χ1n) is 13.3. The van der Waals surface area contributed by atoms with Crippen molar-refractivity contribution >= 4 is 34.3 Å². The Morgan fingerprint density at radius 3 is 2.70 bits per heavy atom. The number of carboxylic acids is 1. The molecule has 9 nitrogen and oxygen atoms in total. The Hall–Kier alpha value is -3.73. The van der Waals surface area contributed by atoms with Gasteiger partial charge in [0.05, 0.1) is 41.5 Å². The van der Waals surface area contributed by atoms with Crippen molar-refractivity contribution in [2.24, 2.45) is 0 Å². The molecule has 0 amide bonds. The summed E-state index contributed by atoms with van der Waals surface area (Å²) in [7, 11) is 0. The van der Waals surface area contributed by atoms with Crippen LogP contribution in [0.15, 0.2) is 54.7 Å². The molecule has 2 aromatic carbocycles. The van der Waals surface area contributed by atoms with Crippen LogP contribution < -0.4 is 9.64 Å². The molecule has 0 radical (unpaired) electrons. The van der Waals surface area contributed by atoms with Gasteiger partial charge < -0.3 is 24.0 Å². The Bertz CT molecular complexity index is 1530. The molecule has 1 unspecified atom stereocenters. The third-order valence-electron chi connectivity index (χ3n) is 7.46. The minimum absolute atomic E-state index is 0.0531. The van der Waals surface area contributed by atoms with Gasteiger partial charge in [-0.25, -0.2) is 19.2 Å². The molecule has 4 aromatic rings. The number of hydrogen-bond acceptors (Lipinski definition) is 7. The first-order chi connectivity index (χ1) is 19.4. The fraction of sp³-hybridized carbons (Fsp3) is 0.345. The summed E-state index contributed by atoms with van der Waals surface area (Å²) in [5, 5.41) is 9.83. The van der Waals surface area contributed by atoms with E-state index >= 15 is 0 Å². The van der Waals surface area contributed by atoms with Crippen LogP contribution in [0.2, 0.25) is 5.02 Å². The molecule has 1 atom stereocenters. The van der Waals surface area contributed by atoms with Crippen molar-refractivity contribution in [3.8, 4) is 5.88 Å². The van der Waals surface area contributed by atoms with Crippen LogP contribution in [0.4, 0.5) is 10.1 Å². The highest BCUT2D eigenvalue weighted by Crippen LogP contribution is 2.29. The number of pyridine rings is 1. The molecule has 2 aromatic heterocycles. The third kappa shape index (κ3) is 5.60. The van der Waals surface area contributed by atoms with Gasteiger partial charge >= 0.3 is 5.97 Å². The van der Waals surface area contributed by atoms with E-state index in [9.17, 15) is 14.3 Å². The molecule has 2 aliphatic rings. The summed E-state index contributed by atoms with van der Waals surface area (Å²) in [6.45, 7) is 5.21. The Morgan fingerprint density at radius 1 is 1.15 bits per heavy atom. The number of anilines is 1. The molecule has 208 valence electrons. The van der Waals surface area contributed by atoms with E-state index in [2.05, 4.69) is 19.4 Å². The van der Waals surface area contributed by atoms with Crippen LogP contribution in [0.1, 0.15) is 28.2 Å². The molecule has 2 fully saturated rings. The summed E-state index contributed by atoms with van der Waals surface area (Å²) >= 11 is 5.87. The summed E-state index contributed by atoms with van der Waals surface area (Å²) in [6.07, 6.45) is 2.77. The van der Waals surface area contributed by atoms with Crippen molar-refractivity contribution in [1.29, 1.82) is 0 Å². The zero-order valence-electron chi connectivity index (χ0n) is 21.8. The summed E-state index contributed by atoms with van der Waals surface area (Å²) in [6, 6.07) is 13.4. The highest BCUT2D eigenvalue weighted by Gasteiger charge is 2.25. The van der Waals surface area contributed by atoms with E-state index in [4.69, 9.17) is 26.1 Å². The molecule has 2 saturated heterocycles. The van der Waals surface area contributed by atoms with Crippen molar-refractivity contribution in [2.45, 2.75) is 32.2 Å². The molecule has 1 N–H and O–H groups in total. The van der Waals surface area contributed by atoms with Crippen LogP contribution >= 0.6 is 11.6 Å². The number of aromatic nitrogens is 3. The van der Waals surface area contributed by atoms with Crippen LogP contribution in [0.5, 0.6) is 5.88 Å². The number of nitrogens with zero attached hydrogens (tertiary/aromatic N) is 5. The average molecular weight is 566 g/mol.